The highest BCUT2D eigenvalue weighted by molar-refractivity contribution is 8.02. The third-order valence-electron chi connectivity index (χ3n) is 6.89. The average Bonchev–Trinajstić information content (AvgIpc) is 3.30. The minimum atomic E-state index is -0.713. The van der Waals surface area contributed by atoms with E-state index < -0.39 is 22.6 Å². The summed E-state index contributed by atoms with van der Waals surface area (Å²) >= 11 is 1.61. The molecule has 3 unspecified atom stereocenters. The van der Waals surface area contributed by atoms with Crippen LogP contribution in [0.1, 0.15) is 33.6 Å². The summed E-state index contributed by atoms with van der Waals surface area (Å²) in [5, 5.41) is 9.62. The summed E-state index contributed by atoms with van der Waals surface area (Å²) in [6, 6.07) is -0.777. The Hall–Kier alpha value is -1.80. The van der Waals surface area contributed by atoms with Crippen molar-refractivity contribution < 1.29 is 24.2 Å². The first kappa shape index (κ1) is 23.9. The Morgan fingerprint density at radius 2 is 2.10 bits per heavy atom. The summed E-state index contributed by atoms with van der Waals surface area (Å²) < 4.78 is 4.78. The van der Waals surface area contributed by atoms with Crippen molar-refractivity contribution in [3.05, 3.63) is 25.3 Å². The van der Waals surface area contributed by atoms with Crippen molar-refractivity contribution >= 4 is 29.5 Å². The number of carbonyl (C=O) groups is 3. The molecule has 3 saturated heterocycles. The maximum Gasteiger partial charge on any atom is 0.310 e. The minimum absolute atomic E-state index is 0.0429. The smallest absolute Gasteiger partial charge is 0.310 e. The molecule has 3 heterocycles. The Balaban J connectivity index is 2.01. The molecule has 0 aromatic heterocycles. The highest BCUT2D eigenvalue weighted by Gasteiger charge is 2.76. The molecule has 0 aromatic rings. The van der Waals surface area contributed by atoms with Gasteiger partial charge in [-0.1, -0.05) is 19.1 Å². The van der Waals surface area contributed by atoms with Crippen molar-refractivity contribution in [2.75, 3.05) is 26.3 Å². The van der Waals surface area contributed by atoms with Gasteiger partial charge in [0.25, 0.3) is 0 Å². The molecule has 0 radical (unpaired) electrons. The number of rotatable bonds is 10. The van der Waals surface area contributed by atoms with E-state index in [0.29, 0.717) is 13.0 Å². The molecule has 6 atom stereocenters. The van der Waals surface area contributed by atoms with Gasteiger partial charge in [0.15, 0.2) is 0 Å². The van der Waals surface area contributed by atoms with Gasteiger partial charge in [-0.05, 0) is 32.6 Å². The van der Waals surface area contributed by atoms with Crippen molar-refractivity contribution in [2.24, 2.45) is 17.8 Å². The van der Waals surface area contributed by atoms with Crippen LogP contribution in [0.2, 0.25) is 0 Å². The van der Waals surface area contributed by atoms with Crippen LogP contribution in [0.25, 0.3) is 0 Å². The van der Waals surface area contributed by atoms with Crippen molar-refractivity contribution in [1.29, 1.82) is 0 Å². The molecular formula is C23H34N2O5S. The molecular weight excluding hydrogens is 416 g/mol. The number of nitrogens with zero attached hydrogens (tertiary/aromatic N) is 2. The number of hydrogen-bond acceptors (Lipinski definition) is 6. The number of fused-ring (bicyclic) bond motifs is 1. The lowest BCUT2D eigenvalue weighted by Gasteiger charge is -2.41. The maximum atomic E-state index is 13.8. The highest BCUT2D eigenvalue weighted by atomic mass is 32.2. The van der Waals surface area contributed by atoms with E-state index in [2.05, 4.69) is 20.1 Å². The average molecular weight is 451 g/mol. The number of β-amino-alcohol motifs (C(OH)–C–C–N with tert-alkyl or cyclic N) is 1. The summed E-state index contributed by atoms with van der Waals surface area (Å²) in [6.07, 6.45) is 4.68. The monoisotopic (exact) mass is 450 g/mol. The van der Waals surface area contributed by atoms with Crippen LogP contribution in [-0.2, 0) is 19.1 Å². The van der Waals surface area contributed by atoms with E-state index in [0.717, 1.165) is 6.42 Å². The SMILES string of the molecule is C=CCCOC(=O)[C@@H]1[C@@H]2CC(C)C3(S2)C(C(=O)N(CC=C)C(C)C)N(CCO)C(=O)[C@H]13. The van der Waals surface area contributed by atoms with Crippen molar-refractivity contribution in [2.45, 2.75) is 55.7 Å². The van der Waals surface area contributed by atoms with E-state index in [1.807, 2.05) is 13.8 Å². The van der Waals surface area contributed by atoms with Gasteiger partial charge in [0, 0.05) is 24.4 Å². The molecule has 2 amide bonds. The Morgan fingerprint density at radius 3 is 2.68 bits per heavy atom. The molecule has 31 heavy (non-hydrogen) atoms. The van der Waals surface area contributed by atoms with Crippen LogP contribution >= 0.6 is 11.8 Å². The second-order valence-corrected chi connectivity index (χ2v) is 10.5. The number of ether oxygens (including phenoxy) is 1. The molecule has 3 fully saturated rings. The molecule has 0 aliphatic carbocycles. The van der Waals surface area contributed by atoms with Crippen LogP contribution in [-0.4, -0.2) is 81.1 Å². The van der Waals surface area contributed by atoms with E-state index in [1.165, 1.54) is 4.90 Å². The number of carbonyl (C=O) groups excluding carboxylic acids is 3. The van der Waals surface area contributed by atoms with Crippen LogP contribution in [0.3, 0.4) is 0 Å². The van der Waals surface area contributed by atoms with Crippen molar-refractivity contribution in [1.82, 2.24) is 9.80 Å². The molecule has 8 heteroatoms. The summed E-state index contributed by atoms with van der Waals surface area (Å²) in [6.45, 7) is 13.8. The number of amides is 2. The van der Waals surface area contributed by atoms with Gasteiger partial charge < -0.3 is 19.6 Å². The fraction of sp³-hybridized carbons (Fsp3) is 0.696. The second-order valence-electron chi connectivity index (χ2n) is 8.93. The van der Waals surface area contributed by atoms with Crippen LogP contribution in [0.4, 0.5) is 0 Å². The number of aliphatic hydroxyl groups excluding tert-OH is 1. The van der Waals surface area contributed by atoms with Gasteiger partial charge >= 0.3 is 5.97 Å². The Kier molecular flexibility index (Phi) is 7.21. The maximum absolute atomic E-state index is 13.8. The number of hydrogen-bond donors (Lipinski definition) is 1. The normalized spacial score (nSPS) is 33.5. The first-order valence-electron chi connectivity index (χ1n) is 11.0. The van der Waals surface area contributed by atoms with E-state index in [1.54, 1.807) is 28.8 Å². The lowest BCUT2D eigenvalue weighted by Crippen LogP contribution is -2.58. The van der Waals surface area contributed by atoms with E-state index in [4.69, 9.17) is 4.74 Å². The van der Waals surface area contributed by atoms with Gasteiger partial charge in [-0.15, -0.1) is 24.9 Å². The number of thioether (sulfide) groups is 1. The topological polar surface area (TPSA) is 87.2 Å². The molecule has 7 nitrogen and oxygen atoms in total. The third kappa shape index (κ3) is 3.71. The molecule has 1 spiro atoms. The standard InChI is InChI=1S/C23H34N2O5S/c1-6-8-12-30-22(29)17-16-13-15(5)23(31-16)18(17)20(27)25(10-11-26)19(23)21(28)24(9-7-2)14(3)4/h6-7,14-19,26H,1-2,8-13H2,3-5H3/t15?,16-,17+,18-,19?,23?/m0/s1. The summed E-state index contributed by atoms with van der Waals surface area (Å²) in [5.74, 6) is -1.81. The van der Waals surface area contributed by atoms with E-state index in [9.17, 15) is 19.5 Å². The zero-order chi connectivity index (χ0) is 22.9. The summed E-state index contributed by atoms with van der Waals surface area (Å²) in [5.41, 5.74) is 0. The molecule has 3 aliphatic heterocycles. The quantitative estimate of drug-likeness (QED) is 0.311. The highest BCUT2D eigenvalue weighted by Crippen LogP contribution is 2.68. The van der Waals surface area contributed by atoms with Gasteiger partial charge in [-0.2, -0.15) is 0 Å². The molecule has 3 aliphatic rings. The molecule has 0 aromatic carbocycles. The van der Waals surface area contributed by atoms with Crippen LogP contribution in [0.5, 0.6) is 0 Å². The predicted octanol–water partition coefficient (Wildman–Crippen LogP) is 1.86. The minimum Gasteiger partial charge on any atom is -0.465 e. The van der Waals surface area contributed by atoms with Gasteiger partial charge in [-0.25, -0.2) is 0 Å². The Labute approximate surface area is 188 Å². The van der Waals surface area contributed by atoms with E-state index >= 15 is 0 Å². The van der Waals surface area contributed by atoms with Crippen LogP contribution < -0.4 is 0 Å². The summed E-state index contributed by atoms with van der Waals surface area (Å²) in [7, 11) is 0. The van der Waals surface area contributed by atoms with Crippen LogP contribution in [0.15, 0.2) is 25.3 Å². The first-order valence-corrected chi connectivity index (χ1v) is 11.9. The third-order valence-corrected chi connectivity index (χ3v) is 8.97. The largest absolute Gasteiger partial charge is 0.465 e. The fourth-order valence-electron chi connectivity index (χ4n) is 5.61. The number of likely N-dealkylation sites (tertiary alicyclic amines) is 1. The van der Waals surface area contributed by atoms with Crippen molar-refractivity contribution in [3.63, 3.8) is 0 Å². The fourth-order valence-corrected chi connectivity index (χ4v) is 8.01. The Bertz CT molecular complexity index is 756. The van der Waals surface area contributed by atoms with Gasteiger partial charge in [-0.3, -0.25) is 14.4 Å². The molecule has 3 rings (SSSR count). The zero-order valence-corrected chi connectivity index (χ0v) is 19.5. The summed E-state index contributed by atoms with van der Waals surface area (Å²) in [4.78, 5) is 43.7. The number of aliphatic hydroxyl groups is 1. The lowest BCUT2D eigenvalue weighted by atomic mass is 9.66. The van der Waals surface area contributed by atoms with Gasteiger partial charge in [0.1, 0.15) is 6.04 Å². The molecule has 172 valence electrons. The van der Waals surface area contributed by atoms with Gasteiger partial charge in [0.2, 0.25) is 11.8 Å². The van der Waals surface area contributed by atoms with Crippen molar-refractivity contribution in [3.8, 4) is 0 Å². The number of esters is 1. The Morgan fingerprint density at radius 1 is 1.39 bits per heavy atom. The molecule has 1 N–H and O–H groups in total. The first-order chi connectivity index (χ1) is 14.8. The molecule has 0 saturated carbocycles. The zero-order valence-electron chi connectivity index (χ0n) is 18.7. The van der Waals surface area contributed by atoms with E-state index in [-0.39, 0.29) is 54.8 Å². The van der Waals surface area contributed by atoms with Gasteiger partial charge in [0.05, 0.1) is 29.8 Å². The molecule has 2 bridgehead atoms. The lowest BCUT2D eigenvalue weighted by molar-refractivity contribution is -0.154. The second kappa shape index (κ2) is 9.36. The predicted molar refractivity (Wildman–Crippen MR) is 120 cm³/mol. The van der Waals surface area contributed by atoms with Crippen LogP contribution in [0, 0.1) is 17.8 Å².